The van der Waals surface area contributed by atoms with Crippen LogP contribution in [0.5, 0.6) is 11.5 Å². The van der Waals surface area contributed by atoms with Gasteiger partial charge in [-0.05, 0) is 82.2 Å². The SMILES string of the molecule is CCOc1cc(/C=C2\SC(=O)N(CC(=O)Nc3ccc(Br)c(Cl)c3)C2=O)cc(Cl)c1OCc1ccccc1. The number of nitrogens with one attached hydrogen (secondary N) is 1. The third-order valence-electron chi connectivity index (χ3n) is 5.23. The van der Waals surface area contributed by atoms with E-state index < -0.39 is 23.6 Å². The van der Waals surface area contributed by atoms with Crippen LogP contribution in [0.2, 0.25) is 10.0 Å². The minimum atomic E-state index is -0.581. The molecule has 0 unspecified atom stereocenters. The third-order valence-corrected chi connectivity index (χ3v) is 7.65. The Labute approximate surface area is 242 Å². The first-order chi connectivity index (χ1) is 18.2. The van der Waals surface area contributed by atoms with Crippen molar-refractivity contribution in [2.45, 2.75) is 13.5 Å². The van der Waals surface area contributed by atoms with E-state index in [-0.39, 0.29) is 4.91 Å². The largest absolute Gasteiger partial charge is 0.490 e. The molecule has 0 aromatic heterocycles. The van der Waals surface area contributed by atoms with Crippen molar-refractivity contribution in [3.8, 4) is 11.5 Å². The summed E-state index contributed by atoms with van der Waals surface area (Å²) in [5.74, 6) is -0.322. The Bertz CT molecular complexity index is 1420. The smallest absolute Gasteiger partial charge is 0.294 e. The van der Waals surface area contributed by atoms with Gasteiger partial charge in [0.1, 0.15) is 13.2 Å². The number of thioether (sulfide) groups is 1. The standard InChI is InChI=1S/C27H21BrCl2N2O5S/c1-2-36-22-11-17(10-21(30)25(22)37-15-16-6-4-3-5-7-16)12-23-26(34)32(27(35)38-23)14-24(33)31-18-8-9-19(28)20(29)13-18/h3-13H,2,14-15H2,1H3,(H,31,33)/b23-12-. The zero-order valence-corrected chi connectivity index (χ0v) is 23.9. The molecule has 4 rings (SSSR count). The number of carbonyl (C=O) groups excluding carboxylic acids is 3. The number of hydrogen-bond donors (Lipinski definition) is 1. The first-order valence-corrected chi connectivity index (χ1v) is 13.7. The van der Waals surface area contributed by atoms with Crippen molar-refractivity contribution in [3.63, 3.8) is 0 Å². The number of anilines is 1. The minimum Gasteiger partial charge on any atom is -0.490 e. The Morgan fingerprint density at radius 3 is 2.53 bits per heavy atom. The molecule has 1 heterocycles. The van der Waals surface area contributed by atoms with Gasteiger partial charge >= 0.3 is 0 Å². The summed E-state index contributed by atoms with van der Waals surface area (Å²) in [7, 11) is 0. The summed E-state index contributed by atoms with van der Waals surface area (Å²) >= 11 is 16.6. The number of nitrogens with zero attached hydrogens (tertiary/aromatic N) is 1. The third kappa shape index (κ3) is 6.91. The highest BCUT2D eigenvalue weighted by Crippen LogP contribution is 2.39. The molecular formula is C27H21BrCl2N2O5S. The van der Waals surface area contributed by atoms with Gasteiger partial charge in [-0.3, -0.25) is 19.3 Å². The molecule has 3 aromatic carbocycles. The number of ether oxygens (including phenoxy) is 2. The van der Waals surface area contributed by atoms with Gasteiger partial charge < -0.3 is 14.8 Å². The van der Waals surface area contributed by atoms with Gasteiger partial charge in [0, 0.05) is 10.2 Å². The molecular weight excluding hydrogens is 615 g/mol. The Kier molecular flexibility index (Phi) is 9.38. The van der Waals surface area contributed by atoms with E-state index in [0.29, 0.717) is 50.5 Å². The summed E-state index contributed by atoms with van der Waals surface area (Å²) in [6.45, 7) is 2.07. The zero-order chi connectivity index (χ0) is 27.2. The number of imide groups is 1. The van der Waals surface area contributed by atoms with Crippen molar-refractivity contribution < 1.29 is 23.9 Å². The average Bonchev–Trinajstić information content (AvgIpc) is 3.13. The highest BCUT2D eigenvalue weighted by Gasteiger charge is 2.36. The number of amides is 3. The molecule has 1 aliphatic heterocycles. The van der Waals surface area contributed by atoms with Gasteiger partial charge in [0.25, 0.3) is 11.1 Å². The van der Waals surface area contributed by atoms with Gasteiger partial charge in [-0.2, -0.15) is 0 Å². The highest BCUT2D eigenvalue weighted by molar-refractivity contribution is 9.10. The molecule has 3 aromatic rings. The quantitative estimate of drug-likeness (QED) is 0.247. The normalized spacial score (nSPS) is 14.2. The summed E-state index contributed by atoms with van der Waals surface area (Å²) in [4.78, 5) is 39.0. The Hall–Kier alpha value is -2.98. The Morgan fingerprint density at radius 2 is 1.82 bits per heavy atom. The molecule has 0 saturated carbocycles. The second-order valence-corrected chi connectivity index (χ2v) is 10.6. The zero-order valence-electron chi connectivity index (χ0n) is 20.0. The van der Waals surface area contributed by atoms with Crippen molar-refractivity contribution in [2.24, 2.45) is 0 Å². The van der Waals surface area contributed by atoms with Gasteiger partial charge in [0.05, 0.1) is 21.6 Å². The lowest BCUT2D eigenvalue weighted by atomic mass is 10.1. The molecule has 0 spiro atoms. The molecule has 3 amide bonds. The van der Waals surface area contributed by atoms with E-state index in [1.165, 1.54) is 6.08 Å². The van der Waals surface area contributed by atoms with Crippen molar-refractivity contribution in [2.75, 3.05) is 18.5 Å². The van der Waals surface area contributed by atoms with Crippen LogP contribution >= 0.6 is 50.9 Å². The fourth-order valence-electron chi connectivity index (χ4n) is 3.51. The van der Waals surface area contributed by atoms with E-state index in [4.69, 9.17) is 32.7 Å². The second-order valence-electron chi connectivity index (χ2n) is 7.98. The Morgan fingerprint density at radius 1 is 1.05 bits per heavy atom. The molecule has 196 valence electrons. The van der Waals surface area contributed by atoms with Crippen LogP contribution in [-0.4, -0.2) is 35.1 Å². The van der Waals surface area contributed by atoms with Crippen LogP contribution in [0.1, 0.15) is 18.1 Å². The number of hydrogen-bond acceptors (Lipinski definition) is 6. The Balaban J connectivity index is 1.48. The average molecular weight is 636 g/mol. The predicted molar refractivity (Wildman–Crippen MR) is 154 cm³/mol. The molecule has 38 heavy (non-hydrogen) atoms. The lowest BCUT2D eigenvalue weighted by Crippen LogP contribution is -2.36. The van der Waals surface area contributed by atoms with Gasteiger partial charge in [0.15, 0.2) is 11.5 Å². The van der Waals surface area contributed by atoms with E-state index in [1.807, 2.05) is 37.3 Å². The molecule has 0 radical (unpaired) electrons. The first-order valence-electron chi connectivity index (χ1n) is 11.4. The molecule has 0 atom stereocenters. The van der Waals surface area contributed by atoms with E-state index >= 15 is 0 Å². The van der Waals surface area contributed by atoms with Crippen molar-refractivity contribution in [3.05, 3.63) is 91.2 Å². The summed E-state index contributed by atoms with van der Waals surface area (Å²) < 4.78 is 12.3. The van der Waals surface area contributed by atoms with E-state index in [2.05, 4.69) is 21.2 Å². The maximum Gasteiger partial charge on any atom is 0.294 e. The number of halogens is 3. The molecule has 0 bridgehead atoms. The molecule has 11 heteroatoms. The molecule has 1 saturated heterocycles. The topological polar surface area (TPSA) is 84.9 Å². The number of rotatable bonds is 9. The lowest BCUT2D eigenvalue weighted by Gasteiger charge is -2.15. The van der Waals surface area contributed by atoms with Crippen LogP contribution < -0.4 is 14.8 Å². The van der Waals surface area contributed by atoms with Gasteiger partial charge in [0.2, 0.25) is 5.91 Å². The van der Waals surface area contributed by atoms with Crippen molar-refractivity contribution >= 4 is 79.7 Å². The van der Waals surface area contributed by atoms with Gasteiger partial charge in [-0.1, -0.05) is 53.5 Å². The van der Waals surface area contributed by atoms with E-state index in [0.717, 1.165) is 22.2 Å². The van der Waals surface area contributed by atoms with Crippen LogP contribution in [-0.2, 0) is 16.2 Å². The fourth-order valence-corrected chi connectivity index (χ4v) is 5.05. The molecule has 1 aliphatic rings. The van der Waals surface area contributed by atoms with Crippen molar-refractivity contribution in [1.82, 2.24) is 4.90 Å². The molecule has 0 aliphatic carbocycles. The fraction of sp³-hybridized carbons (Fsp3) is 0.148. The van der Waals surface area contributed by atoms with Crippen LogP contribution in [0.4, 0.5) is 10.5 Å². The minimum absolute atomic E-state index is 0.158. The molecule has 1 N–H and O–H groups in total. The second kappa shape index (κ2) is 12.7. The summed E-state index contributed by atoms with van der Waals surface area (Å²) in [5, 5.41) is 2.79. The summed E-state index contributed by atoms with van der Waals surface area (Å²) in [6, 6.07) is 17.8. The van der Waals surface area contributed by atoms with Crippen LogP contribution in [0, 0.1) is 0 Å². The number of benzene rings is 3. The summed E-state index contributed by atoms with van der Waals surface area (Å²) in [6.07, 6.45) is 1.53. The van der Waals surface area contributed by atoms with Crippen LogP contribution in [0.15, 0.2) is 70.0 Å². The lowest BCUT2D eigenvalue weighted by molar-refractivity contribution is -0.127. The molecule has 1 fully saturated rings. The van der Waals surface area contributed by atoms with Crippen LogP contribution in [0.25, 0.3) is 6.08 Å². The van der Waals surface area contributed by atoms with Crippen LogP contribution in [0.3, 0.4) is 0 Å². The maximum atomic E-state index is 12.9. The monoisotopic (exact) mass is 634 g/mol. The maximum absolute atomic E-state index is 12.9. The first kappa shape index (κ1) is 28.0. The van der Waals surface area contributed by atoms with E-state index in [1.54, 1.807) is 30.3 Å². The van der Waals surface area contributed by atoms with E-state index in [9.17, 15) is 14.4 Å². The predicted octanol–water partition coefficient (Wildman–Crippen LogP) is 7.41. The van der Waals surface area contributed by atoms with Gasteiger partial charge in [-0.15, -0.1) is 0 Å². The van der Waals surface area contributed by atoms with Crippen molar-refractivity contribution in [1.29, 1.82) is 0 Å². The number of carbonyl (C=O) groups is 3. The highest BCUT2D eigenvalue weighted by atomic mass is 79.9. The molecule has 7 nitrogen and oxygen atoms in total. The summed E-state index contributed by atoms with van der Waals surface area (Å²) in [5.41, 5.74) is 1.96. The van der Waals surface area contributed by atoms with Gasteiger partial charge in [-0.25, -0.2) is 0 Å².